The van der Waals surface area contributed by atoms with Crippen LogP contribution >= 0.6 is 15.9 Å². The van der Waals surface area contributed by atoms with Crippen molar-refractivity contribution in [1.82, 2.24) is 0 Å². The zero-order valence-electron chi connectivity index (χ0n) is 11.1. The van der Waals surface area contributed by atoms with Crippen LogP contribution in [0.15, 0.2) is 59.1 Å². The number of benzene rings is 3. The van der Waals surface area contributed by atoms with Gasteiger partial charge in [0.15, 0.2) is 5.78 Å². The summed E-state index contributed by atoms with van der Waals surface area (Å²) in [6.07, 6.45) is 0. The molecule has 0 unspecified atom stereocenters. The molecule has 0 aromatic heterocycles. The van der Waals surface area contributed by atoms with Crippen LogP contribution in [0.4, 0.5) is 11.4 Å². The normalized spacial score (nSPS) is 10.7. The van der Waals surface area contributed by atoms with Gasteiger partial charge in [-0.2, -0.15) is 0 Å². The van der Waals surface area contributed by atoms with E-state index in [1.807, 2.05) is 36.4 Å². The molecule has 4 N–H and O–H groups in total. The number of ketones is 1. The third-order valence-electron chi connectivity index (χ3n) is 3.36. The molecule has 4 heteroatoms. The predicted molar refractivity (Wildman–Crippen MR) is 90.3 cm³/mol. The van der Waals surface area contributed by atoms with Gasteiger partial charge in [0.2, 0.25) is 0 Å². The maximum atomic E-state index is 12.7. The SMILES string of the molecule is Nc1cc(N)cc(C(=O)c2ccc(Br)c3ccccc23)c1. The Bertz CT molecular complexity index is 838. The summed E-state index contributed by atoms with van der Waals surface area (Å²) in [5, 5.41) is 1.90. The highest BCUT2D eigenvalue weighted by Crippen LogP contribution is 2.29. The van der Waals surface area contributed by atoms with E-state index in [0.717, 1.165) is 15.2 Å². The standard InChI is InChI=1S/C17H13BrN2O/c18-16-6-5-15(13-3-1-2-4-14(13)16)17(21)10-7-11(19)9-12(20)8-10/h1-9H,19-20H2. The molecular formula is C17H13BrN2O. The fraction of sp³-hybridized carbons (Fsp3) is 0. The van der Waals surface area contributed by atoms with Crippen LogP contribution in [0.5, 0.6) is 0 Å². The molecule has 0 radical (unpaired) electrons. The Morgan fingerprint density at radius 2 is 1.48 bits per heavy atom. The monoisotopic (exact) mass is 340 g/mol. The second-order valence-corrected chi connectivity index (χ2v) is 5.71. The highest BCUT2D eigenvalue weighted by Gasteiger charge is 2.14. The molecule has 0 bridgehead atoms. The first-order valence-corrected chi connectivity index (χ1v) is 7.23. The minimum absolute atomic E-state index is 0.0855. The van der Waals surface area contributed by atoms with Crippen LogP contribution in [0, 0.1) is 0 Å². The first-order chi connectivity index (χ1) is 10.1. The molecule has 0 aliphatic heterocycles. The number of halogens is 1. The van der Waals surface area contributed by atoms with E-state index in [1.165, 1.54) is 0 Å². The zero-order valence-corrected chi connectivity index (χ0v) is 12.7. The Morgan fingerprint density at radius 3 is 2.14 bits per heavy atom. The summed E-state index contributed by atoms with van der Waals surface area (Å²) in [5.41, 5.74) is 13.7. The maximum absolute atomic E-state index is 12.7. The summed E-state index contributed by atoms with van der Waals surface area (Å²) in [6.45, 7) is 0. The fourth-order valence-corrected chi connectivity index (χ4v) is 2.90. The van der Waals surface area contributed by atoms with Crippen molar-refractivity contribution < 1.29 is 4.79 Å². The van der Waals surface area contributed by atoms with E-state index in [1.54, 1.807) is 18.2 Å². The number of anilines is 2. The lowest BCUT2D eigenvalue weighted by molar-refractivity contribution is 0.104. The second-order valence-electron chi connectivity index (χ2n) is 4.86. The van der Waals surface area contributed by atoms with Gasteiger partial charge >= 0.3 is 0 Å². The Kier molecular flexibility index (Phi) is 3.39. The molecule has 0 aliphatic carbocycles. The zero-order chi connectivity index (χ0) is 15.0. The number of hydrogen-bond donors (Lipinski definition) is 2. The summed E-state index contributed by atoms with van der Waals surface area (Å²) in [5.74, 6) is -0.0855. The smallest absolute Gasteiger partial charge is 0.193 e. The van der Waals surface area contributed by atoms with E-state index in [9.17, 15) is 4.79 Å². The average molecular weight is 341 g/mol. The van der Waals surface area contributed by atoms with Gasteiger partial charge in [-0.25, -0.2) is 0 Å². The lowest BCUT2D eigenvalue weighted by Crippen LogP contribution is -2.04. The van der Waals surface area contributed by atoms with Crippen LogP contribution in [0.25, 0.3) is 10.8 Å². The van der Waals surface area contributed by atoms with E-state index in [4.69, 9.17) is 11.5 Å². The molecule has 3 aromatic rings. The number of rotatable bonds is 2. The highest BCUT2D eigenvalue weighted by molar-refractivity contribution is 9.10. The Hall–Kier alpha value is -2.33. The molecule has 0 fully saturated rings. The van der Waals surface area contributed by atoms with Crippen LogP contribution in [-0.2, 0) is 0 Å². The molecule has 0 spiro atoms. The summed E-state index contributed by atoms with van der Waals surface area (Å²) < 4.78 is 0.960. The maximum Gasteiger partial charge on any atom is 0.193 e. The Balaban J connectivity index is 2.20. The van der Waals surface area contributed by atoms with Crippen LogP contribution in [0.2, 0.25) is 0 Å². The van der Waals surface area contributed by atoms with Crippen LogP contribution in [0.1, 0.15) is 15.9 Å². The lowest BCUT2D eigenvalue weighted by Gasteiger charge is -2.09. The van der Waals surface area contributed by atoms with E-state index >= 15 is 0 Å². The van der Waals surface area contributed by atoms with Crippen LogP contribution < -0.4 is 11.5 Å². The predicted octanol–water partition coefficient (Wildman–Crippen LogP) is 4.00. The van der Waals surface area contributed by atoms with Crippen molar-refractivity contribution in [2.24, 2.45) is 0 Å². The number of nitrogens with two attached hydrogens (primary N) is 2. The van der Waals surface area contributed by atoms with Crippen molar-refractivity contribution in [2.75, 3.05) is 11.5 Å². The first kappa shape index (κ1) is 13.6. The van der Waals surface area contributed by atoms with Gasteiger partial charge in [-0.3, -0.25) is 4.79 Å². The van der Waals surface area contributed by atoms with Crippen molar-refractivity contribution >= 4 is 43.9 Å². The Labute approximate surface area is 130 Å². The van der Waals surface area contributed by atoms with Crippen molar-refractivity contribution in [2.45, 2.75) is 0 Å². The second kappa shape index (κ2) is 5.22. The molecule has 21 heavy (non-hydrogen) atoms. The van der Waals surface area contributed by atoms with Crippen molar-refractivity contribution in [1.29, 1.82) is 0 Å². The average Bonchev–Trinajstić information content (AvgIpc) is 2.46. The van der Waals surface area contributed by atoms with Gasteiger partial charge in [-0.15, -0.1) is 0 Å². The minimum Gasteiger partial charge on any atom is -0.399 e. The van der Waals surface area contributed by atoms with Gasteiger partial charge in [-0.1, -0.05) is 40.2 Å². The molecule has 0 amide bonds. The summed E-state index contributed by atoms with van der Waals surface area (Å²) in [7, 11) is 0. The molecule has 0 aliphatic rings. The molecule has 0 saturated heterocycles. The summed E-state index contributed by atoms with van der Waals surface area (Å²) in [4.78, 5) is 12.7. The van der Waals surface area contributed by atoms with E-state index in [-0.39, 0.29) is 5.78 Å². The third-order valence-corrected chi connectivity index (χ3v) is 4.05. The third kappa shape index (κ3) is 2.50. The molecular weight excluding hydrogens is 328 g/mol. The van der Waals surface area contributed by atoms with E-state index in [2.05, 4.69) is 15.9 Å². The summed E-state index contributed by atoms with van der Waals surface area (Å²) >= 11 is 3.51. The molecule has 0 heterocycles. The van der Waals surface area contributed by atoms with Gasteiger partial charge in [0.05, 0.1) is 0 Å². The van der Waals surface area contributed by atoms with Crippen LogP contribution in [-0.4, -0.2) is 5.78 Å². The van der Waals surface area contributed by atoms with Crippen LogP contribution in [0.3, 0.4) is 0 Å². The van der Waals surface area contributed by atoms with Crippen molar-refractivity contribution in [3.05, 3.63) is 70.2 Å². The quantitative estimate of drug-likeness (QED) is 0.547. The van der Waals surface area contributed by atoms with Gasteiger partial charge in [-0.05, 0) is 41.1 Å². The van der Waals surface area contributed by atoms with E-state index < -0.39 is 0 Å². The Morgan fingerprint density at radius 1 is 0.857 bits per heavy atom. The fourth-order valence-electron chi connectivity index (χ4n) is 2.42. The van der Waals surface area contributed by atoms with Crippen molar-refractivity contribution in [3.8, 4) is 0 Å². The molecule has 3 nitrogen and oxygen atoms in total. The first-order valence-electron chi connectivity index (χ1n) is 6.44. The number of hydrogen-bond acceptors (Lipinski definition) is 3. The number of carbonyl (C=O) groups excluding carboxylic acids is 1. The van der Waals surface area contributed by atoms with Gasteiger partial charge in [0, 0.05) is 27.0 Å². The molecule has 3 aromatic carbocycles. The molecule has 104 valence electrons. The molecule has 0 saturated carbocycles. The largest absolute Gasteiger partial charge is 0.399 e. The van der Waals surface area contributed by atoms with Crippen molar-refractivity contribution in [3.63, 3.8) is 0 Å². The number of fused-ring (bicyclic) bond motifs is 1. The van der Waals surface area contributed by atoms with Gasteiger partial charge in [0.25, 0.3) is 0 Å². The van der Waals surface area contributed by atoms with Gasteiger partial charge < -0.3 is 11.5 Å². The molecule has 0 atom stereocenters. The summed E-state index contributed by atoms with van der Waals surface area (Å²) in [6, 6.07) is 16.4. The number of carbonyl (C=O) groups is 1. The molecule has 3 rings (SSSR count). The highest BCUT2D eigenvalue weighted by atomic mass is 79.9. The van der Waals surface area contributed by atoms with E-state index in [0.29, 0.717) is 22.5 Å². The number of nitrogen functional groups attached to an aromatic ring is 2. The lowest BCUT2D eigenvalue weighted by atomic mass is 9.97. The topological polar surface area (TPSA) is 69.1 Å². The van der Waals surface area contributed by atoms with Gasteiger partial charge in [0.1, 0.15) is 0 Å². The minimum atomic E-state index is -0.0855.